The van der Waals surface area contributed by atoms with Crippen molar-refractivity contribution in [1.29, 1.82) is 0 Å². The Hall–Kier alpha value is -13.3. The van der Waals surface area contributed by atoms with Crippen LogP contribution in [-0.2, 0) is 115 Å². The molecule has 4 unspecified atom stereocenters. The average Bonchev–Trinajstić information content (AvgIpc) is 1.56. The molecule has 698 valence electrons. The number of ketones is 3. The number of allylic oxidation sites excluding steroid dienone is 12. The molecule has 11 aromatic rings. The zero-order chi connectivity index (χ0) is 95.5. The second-order valence-corrected chi connectivity index (χ2v) is 44.0. The van der Waals surface area contributed by atoms with Gasteiger partial charge in [0.25, 0.3) is 0 Å². The SMILES string of the molecule is CC(C)(C)C1CC2=C/C(=C3/C(=O)C(c4cc5c(n4CCc4ccccc4)CC(C(C)(C)C)C5)=C3[O-])[N+](CCc3ccccc3)=C2C1.CC1(C)C2=[N+](CCc3ccccc3)/C(=C3\C(=O)C(c4cc5c(n4CCc4ccccc4)C(C)(C)c4ccccc4C5)=C3[O-])C=C2Cc2ccccc21.CC1CCC2=C/C(=C3/C(=O)C(c4cc5c(n4CCc4ccccc4)C(C)CC5)=C3[O-])[N+](CCc3ccccc3)=C21. The van der Waals surface area contributed by atoms with Gasteiger partial charge in [-0.05, 0) is 204 Å². The third kappa shape index (κ3) is 16.4. The highest BCUT2D eigenvalue weighted by atomic mass is 16.3. The van der Waals surface area contributed by atoms with Crippen LogP contribution in [0.2, 0.25) is 0 Å². The highest BCUT2D eigenvalue weighted by Gasteiger charge is 2.52. The van der Waals surface area contributed by atoms with Gasteiger partial charge < -0.3 is 29.0 Å². The van der Waals surface area contributed by atoms with E-state index in [2.05, 4.69) is 341 Å². The van der Waals surface area contributed by atoms with Gasteiger partial charge in [0.2, 0.25) is 34.4 Å². The summed E-state index contributed by atoms with van der Waals surface area (Å²) in [4.78, 5) is 42.8. The molecular formula is C126H128N6O6. The predicted octanol–water partition coefficient (Wildman–Crippen LogP) is 21.3. The Bertz CT molecular complexity index is 7220. The van der Waals surface area contributed by atoms with Crippen LogP contribution in [-0.4, -0.2) is 81.5 Å². The van der Waals surface area contributed by atoms with Crippen LogP contribution in [0.4, 0.5) is 0 Å². The van der Waals surface area contributed by atoms with Crippen LogP contribution in [0.3, 0.4) is 0 Å². The normalized spacial score (nSPS) is 21.8. The monoisotopic (exact) mass is 1820 g/mol. The molecule has 6 heterocycles. The first-order valence-corrected chi connectivity index (χ1v) is 50.8. The molecule has 12 aliphatic rings. The van der Waals surface area contributed by atoms with Gasteiger partial charge >= 0.3 is 0 Å². The molecule has 9 aliphatic carbocycles. The standard InChI is InChI=1S/C48H44N2O2.C42H48N2O2.C36H36N2O2/c1-47(2)37-21-13-11-19-33(37)27-35-29-39(49(45(35)47)25-23-31-15-7-5-8-16-31)41-43(51)42(44(41)52)40-30-36-28-34-20-12-14-22-38(34)48(3,4)46(36)50(40)26-24-32-17-9-6-10-18-32;1-41(2,3)31-21-29-23-35(43(33(29)25-31)19-17-27-13-9-7-10-14-27)37-39(45)38(40(37)46)36-24-30-22-32(42(4,5)6)26-34(30)44(36)20-18-28-15-11-8-12-16-28;1-23-13-15-27-21-29(37(33(23)27)19-17-25-9-5-3-6-10-25)31-35(39)32(36(31)40)30-22-28-16-14-24(2)34(28)38(30)20-18-26-11-7-4-8-12-26/h5-22,29-30H,23-28H2,1-4H3;7-16,23-24,31-32H,17-22,25-26H2,1-6H3;3-12,21-24H,13-20H2,1-2H3. The van der Waals surface area contributed by atoms with Crippen LogP contribution in [0.25, 0.3) is 16.7 Å². The molecule has 0 bridgehead atoms. The number of Topliss-reactive ketones (excluding diaryl/α,β-unsaturated/α-hetero) is 3. The van der Waals surface area contributed by atoms with E-state index in [-0.39, 0.29) is 56.3 Å². The van der Waals surface area contributed by atoms with Gasteiger partial charge in [0.1, 0.15) is 0 Å². The second-order valence-electron chi connectivity index (χ2n) is 44.0. The number of carbonyl (C=O) groups excluding carboxylic acids is 3. The van der Waals surface area contributed by atoms with E-state index in [1.54, 1.807) is 0 Å². The zero-order valence-electron chi connectivity index (χ0n) is 82.4. The van der Waals surface area contributed by atoms with E-state index < -0.39 is 0 Å². The quantitative estimate of drug-likeness (QED) is 0.0517. The molecule has 0 N–H and O–H groups in total. The molecule has 0 saturated heterocycles. The van der Waals surface area contributed by atoms with Crippen molar-refractivity contribution in [2.75, 3.05) is 19.6 Å². The van der Waals surface area contributed by atoms with Crippen molar-refractivity contribution in [2.24, 2.45) is 28.6 Å². The van der Waals surface area contributed by atoms with Crippen LogP contribution >= 0.6 is 0 Å². The molecule has 0 amide bonds. The average molecular weight is 1820 g/mol. The minimum absolute atomic E-state index is 0.0837. The molecule has 8 aromatic carbocycles. The molecule has 0 spiro atoms. The largest absolute Gasteiger partial charge is 0.871 e. The lowest BCUT2D eigenvalue weighted by Gasteiger charge is -2.36. The number of aryl methyl sites for hydroxylation is 4. The molecule has 138 heavy (non-hydrogen) atoms. The van der Waals surface area contributed by atoms with E-state index >= 15 is 0 Å². The van der Waals surface area contributed by atoms with Crippen LogP contribution in [0.5, 0.6) is 0 Å². The number of fused-ring (bicyclic) bond motifs is 8. The lowest BCUT2D eigenvalue weighted by molar-refractivity contribution is -0.472. The van der Waals surface area contributed by atoms with Crippen LogP contribution in [0, 0.1) is 28.6 Å². The molecule has 0 radical (unpaired) electrons. The van der Waals surface area contributed by atoms with Gasteiger partial charge in [-0.3, -0.25) is 14.4 Å². The number of hydrogen-bond donors (Lipinski definition) is 0. The van der Waals surface area contributed by atoms with E-state index in [1.165, 1.54) is 123 Å². The van der Waals surface area contributed by atoms with Crippen molar-refractivity contribution in [3.05, 3.63) is 441 Å². The summed E-state index contributed by atoms with van der Waals surface area (Å²) >= 11 is 0. The third-order valence-electron chi connectivity index (χ3n) is 32.7. The van der Waals surface area contributed by atoms with Gasteiger partial charge in [0.15, 0.2) is 36.8 Å². The van der Waals surface area contributed by atoms with Gasteiger partial charge in [-0.1, -0.05) is 317 Å². The Morgan fingerprint density at radius 2 is 0.739 bits per heavy atom. The maximum Gasteiger partial charge on any atom is 0.216 e. The number of benzene rings is 8. The molecule has 4 atom stereocenters. The first-order chi connectivity index (χ1) is 66.5. The zero-order valence-corrected chi connectivity index (χ0v) is 82.4. The fourth-order valence-corrected chi connectivity index (χ4v) is 25.1. The second kappa shape index (κ2) is 36.2. The summed E-state index contributed by atoms with van der Waals surface area (Å²) in [5.41, 5.74) is 34.9. The van der Waals surface area contributed by atoms with Gasteiger partial charge in [-0.2, -0.15) is 13.7 Å². The van der Waals surface area contributed by atoms with Gasteiger partial charge in [-0.25, -0.2) is 0 Å². The minimum Gasteiger partial charge on any atom is -0.871 e. The summed E-state index contributed by atoms with van der Waals surface area (Å²) in [5, 5.41) is 42.8. The fraction of sp³-hybridized carbons (Fsp3) is 0.333. The molecule has 2 saturated carbocycles. The molecule has 12 heteroatoms. The van der Waals surface area contributed by atoms with Gasteiger partial charge in [0, 0.05) is 132 Å². The minimum atomic E-state index is -0.284. The summed E-state index contributed by atoms with van der Waals surface area (Å²) in [6.45, 7) is 32.0. The van der Waals surface area contributed by atoms with E-state index in [1.807, 2.05) is 36.4 Å². The Balaban J connectivity index is 0.000000124. The highest BCUT2D eigenvalue weighted by molar-refractivity contribution is 6.40. The smallest absolute Gasteiger partial charge is 0.216 e. The van der Waals surface area contributed by atoms with Crippen molar-refractivity contribution in [3.63, 3.8) is 0 Å². The van der Waals surface area contributed by atoms with Crippen LogP contribution in [0.1, 0.15) is 228 Å². The predicted molar refractivity (Wildman–Crippen MR) is 548 cm³/mol. The maximum absolute atomic E-state index is 14.7. The first kappa shape index (κ1) is 91.1. The van der Waals surface area contributed by atoms with E-state index in [0.717, 1.165) is 163 Å². The number of aromatic nitrogens is 3. The van der Waals surface area contributed by atoms with Crippen molar-refractivity contribution >= 4 is 51.2 Å². The molecule has 3 aliphatic heterocycles. The topological polar surface area (TPSA) is 144 Å². The van der Waals surface area contributed by atoms with E-state index in [9.17, 15) is 29.7 Å². The first-order valence-electron chi connectivity index (χ1n) is 50.8. The Kier molecular flexibility index (Phi) is 23.9. The Morgan fingerprint density at radius 3 is 1.25 bits per heavy atom. The molecular weight excluding hydrogens is 1690 g/mol. The van der Waals surface area contributed by atoms with Crippen LogP contribution < -0.4 is 15.3 Å². The molecule has 23 rings (SSSR count). The van der Waals surface area contributed by atoms with Crippen molar-refractivity contribution < 1.29 is 43.4 Å². The summed E-state index contributed by atoms with van der Waals surface area (Å²) in [7, 11) is 0. The summed E-state index contributed by atoms with van der Waals surface area (Å²) in [5.74, 6) is 1.38. The fourth-order valence-electron chi connectivity index (χ4n) is 25.1. The van der Waals surface area contributed by atoms with Crippen molar-refractivity contribution in [2.45, 2.75) is 222 Å². The van der Waals surface area contributed by atoms with Gasteiger partial charge in [-0.15, -0.1) is 0 Å². The highest BCUT2D eigenvalue weighted by Crippen LogP contribution is 2.53. The number of hydrogen-bond acceptors (Lipinski definition) is 6. The Morgan fingerprint density at radius 1 is 0.355 bits per heavy atom. The summed E-state index contributed by atoms with van der Waals surface area (Å²) in [6.07, 6.45) is 21.4. The molecule has 3 aromatic heterocycles. The van der Waals surface area contributed by atoms with E-state index in [4.69, 9.17) is 0 Å². The third-order valence-corrected chi connectivity index (χ3v) is 32.7. The molecule has 12 nitrogen and oxygen atoms in total. The van der Waals surface area contributed by atoms with Gasteiger partial charge in [0.05, 0.1) is 39.2 Å². The lowest BCUT2D eigenvalue weighted by atomic mass is 9.69. The van der Waals surface area contributed by atoms with Crippen molar-refractivity contribution in [1.82, 2.24) is 13.7 Å². The molecule has 2 fully saturated rings. The van der Waals surface area contributed by atoms with Crippen molar-refractivity contribution in [3.8, 4) is 0 Å². The number of nitrogens with zero attached hydrogens (tertiary/aromatic N) is 6. The summed E-state index contributed by atoms with van der Waals surface area (Å²) in [6, 6.07) is 86.8. The Labute approximate surface area is 814 Å². The maximum atomic E-state index is 14.7. The lowest BCUT2D eigenvalue weighted by Crippen LogP contribution is -2.41. The van der Waals surface area contributed by atoms with E-state index in [0.29, 0.717) is 70.2 Å². The number of carbonyl (C=O) groups is 3. The number of rotatable bonds is 21. The summed E-state index contributed by atoms with van der Waals surface area (Å²) < 4.78 is 13.8. The van der Waals surface area contributed by atoms with Crippen LogP contribution in [0.15, 0.2) is 335 Å².